The van der Waals surface area contributed by atoms with Crippen molar-refractivity contribution in [2.45, 2.75) is 39.7 Å². The highest BCUT2D eigenvalue weighted by Gasteiger charge is 2.18. The normalized spacial score (nSPS) is 11.7. The molecular weight excluding hydrogens is 366 g/mol. The maximum Gasteiger partial charge on any atom is 0.343 e. The minimum atomic E-state index is -0.490. The fraction of sp³-hybridized carbons (Fsp3) is 0.261. The maximum absolute atomic E-state index is 12.3. The predicted octanol–water partition coefficient (Wildman–Crippen LogP) is 3.90. The first-order valence-electron chi connectivity index (χ1n) is 9.39. The number of hydrogen-bond acceptors (Lipinski definition) is 4. The van der Waals surface area contributed by atoms with Gasteiger partial charge in [-0.05, 0) is 75.2 Å². The minimum Gasteiger partial charge on any atom is -0.423 e. The van der Waals surface area contributed by atoms with E-state index in [1.165, 1.54) is 0 Å². The second-order valence-corrected chi connectivity index (χ2v) is 7.47. The summed E-state index contributed by atoms with van der Waals surface area (Å²) in [5.41, 5.74) is 7.50. The van der Waals surface area contributed by atoms with E-state index in [-0.39, 0.29) is 17.3 Å². The molecule has 2 aromatic rings. The van der Waals surface area contributed by atoms with Gasteiger partial charge >= 0.3 is 5.97 Å². The third-order valence-corrected chi connectivity index (χ3v) is 4.60. The van der Waals surface area contributed by atoms with Gasteiger partial charge in [0.25, 0.3) is 0 Å². The van der Waals surface area contributed by atoms with E-state index in [0.717, 1.165) is 12.0 Å². The molecule has 0 unspecified atom stereocenters. The molecule has 0 heterocycles. The lowest BCUT2D eigenvalue weighted by atomic mass is 10.0. The first-order valence-corrected chi connectivity index (χ1v) is 9.39. The van der Waals surface area contributed by atoms with Gasteiger partial charge in [0.2, 0.25) is 5.91 Å². The summed E-state index contributed by atoms with van der Waals surface area (Å²) in [6, 6.07) is 13.2. The lowest BCUT2D eigenvalue weighted by Crippen LogP contribution is -2.43. The van der Waals surface area contributed by atoms with E-state index in [2.05, 4.69) is 5.32 Å². The average Bonchev–Trinajstić information content (AvgIpc) is 2.68. The molecule has 0 radical (unpaired) electrons. The average molecular weight is 393 g/mol. The fourth-order valence-corrected chi connectivity index (χ4v) is 2.39. The molecule has 0 atom stereocenters. The molecule has 29 heavy (non-hydrogen) atoms. The number of carbonyl (C=O) groups is 2. The molecule has 0 spiro atoms. The Morgan fingerprint density at radius 2 is 1.62 bits per heavy atom. The number of amidine groups is 1. The molecule has 0 bridgehead atoms. The van der Waals surface area contributed by atoms with Gasteiger partial charge in [0.15, 0.2) is 0 Å². The Morgan fingerprint density at radius 3 is 2.14 bits per heavy atom. The number of hydrogen-bond donors (Lipinski definition) is 3. The number of benzene rings is 2. The summed E-state index contributed by atoms with van der Waals surface area (Å²) in [5.74, 6) is -0.284. The Morgan fingerprint density at radius 1 is 1.07 bits per heavy atom. The zero-order valence-electron chi connectivity index (χ0n) is 17.2. The Kier molecular flexibility index (Phi) is 6.93. The topological polar surface area (TPSA) is 105 Å². The molecule has 0 aliphatic carbocycles. The van der Waals surface area contributed by atoms with Gasteiger partial charge in [0.05, 0.1) is 5.56 Å². The van der Waals surface area contributed by atoms with Crippen molar-refractivity contribution in [1.29, 1.82) is 5.41 Å². The SMILES string of the molecule is CCC(C)(C)NC(=O)/C(C)=C/c1ccc(C(=O)Oc2ccc(C(=N)N)cc2)cc1. The third-order valence-electron chi connectivity index (χ3n) is 4.60. The van der Waals surface area contributed by atoms with Gasteiger partial charge < -0.3 is 15.8 Å². The van der Waals surface area contributed by atoms with Gasteiger partial charge in [-0.25, -0.2) is 4.79 Å². The van der Waals surface area contributed by atoms with E-state index in [0.29, 0.717) is 22.4 Å². The number of amides is 1. The van der Waals surface area contributed by atoms with Crippen molar-refractivity contribution in [2.24, 2.45) is 5.73 Å². The molecule has 2 rings (SSSR count). The Labute approximate surface area is 171 Å². The Balaban J connectivity index is 2.04. The molecule has 0 aliphatic rings. The molecule has 152 valence electrons. The highest BCUT2D eigenvalue weighted by molar-refractivity contribution is 5.98. The molecule has 6 nitrogen and oxygen atoms in total. The largest absolute Gasteiger partial charge is 0.423 e. The van der Waals surface area contributed by atoms with Gasteiger partial charge in [-0.3, -0.25) is 10.2 Å². The van der Waals surface area contributed by atoms with E-state index in [4.69, 9.17) is 15.9 Å². The van der Waals surface area contributed by atoms with Crippen LogP contribution in [0.25, 0.3) is 6.08 Å². The first kappa shape index (κ1) is 21.9. The van der Waals surface area contributed by atoms with Crippen LogP contribution in [0.2, 0.25) is 0 Å². The highest BCUT2D eigenvalue weighted by Crippen LogP contribution is 2.16. The van der Waals surface area contributed by atoms with Crippen molar-refractivity contribution in [3.8, 4) is 5.75 Å². The molecule has 4 N–H and O–H groups in total. The third kappa shape index (κ3) is 6.31. The zero-order valence-corrected chi connectivity index (χ0v) is 17.2. The maximum atomic E-state index is 12.3. The van der Waals surface area contributed by atoms with Crippen molar-refractivity contribution < 1.29 is 14.3 Å². The molecule has 0 saturated carbocycles. The quantitative estimate of drug-likeness (QED) is 0.218. The summed E-state index contributed by atoms with van der Waals surface area (Å²) in [6.07, 6.45) is 2.61. The van der Waals surface area contributed by atoms with Gasteiger partial charge in [-0.15, -0.1) is 0 Å². The summed E-state index contributed by atoms with van der Waals surface area (Å²) in [7, 11) is 0. The number of nitrogen functional groups attached to an aromatic ring is 1. The van der Waals surface area contributed by atoms with Gasteiger partial charge in [0, 0.05) is 16.7 Å². The van der Waals surface area contributed by atoms with Crippen LogP contribution in [-0.2, 0) is 4.79 Å². The molecular formula is C23H27N3O3. The number of ether oxygens (including phenoxy) is 1. The van der Waals surface area contributed by atoms with Crippen molar-refractivity contribution in [3.63, 3.8) is 0 Å². The van der Waals surface area contributed by atoms with Crippen LogP contribution in [0.4, 0.5) is 0 Å². The van der Waals surface area contributed by atoms with E-state index in [1.807, 2.05) is 20.8 Å². The summed E-state index contributed by atoms with van der Waals surface area (Å²) < 4.78 is 5.33. The van der Waals surface area contributed by atoms with Crippen molar-refractivity contribution >= 4 is 23.8 Å². The molecule has 6 heteroatoms. The van der Waals surface area contributed by atoms with Crippen LogP contribution in [0.1, 0.15) is 55.6 Å². The second kappa shape index (κ2) is 9.19. The number of esters is 1. The summed E-state index contributed by atoms with van der Waals surface area (Å²) >= 11 is 0. The smallest absolute Gasteiger partial charge is 0.343 e. The summed E-state index contributed by atoms with van der Waals surface area (Å²) in [4.78, 5) is 24.6. The number of nitrogens with two attached hydrogens (primary N) is 1. The van der Waals surface area contributed by atoms with E-state index < -0.39 is 5.97 Å². The Hall–Kier alpha value is -3.41. The second-order valence-electron chi connectivity index (χ2n) is 7.47. The molecule has 1 amide bonds. The Bertz CT molecular complexity index is 927. The van der Waals surface area contributed by atoms with E-state index in [9.17, 15) is 9.59 Å². The van der Waals surface area contributed by atoms with Gasteiger partial charge in [-0.2, -0.15) is 0 Å². The van der Waals surface area contributed by atoms with Crippen LogP contribution in [0.15, 0.2) is 54.1 Å². The fourth-order valence-electron chi connectivity index (χ4n) is 2.39. The molecule has 0 aromatic heterocycles. The van der Waals surface area contributed by atoms with Crippen LogP contribution in [0.3, 0.4) is 0 Å². The number of carbonyl (C=O) groups excluding carboxylic acids is 2. The lowest BCUT2D eigenvalue weighted by molar-refractivity contribution is -0.118. The van der Waals surface area contributed by atoms with Crippen LogP contribution >= 0.6 is 0 Å². The minimum absolute atomic E-state index is 0.0475. The zero-order chi connectivity index (χ0) is 21.6. The van der Waals surface area contributed by atoms with Crippen molar-refractivity contribution in [2.75, 3.05) is 0 Å². The van der Waals surface area contributed by atoms with E-state index in [1.54, 1.807) is 61.5 Å². The van der Waals surface area contributed by atoms with Crippen molar-refractivity contribution in [1.82, 2.24) is 5.32 Å². The summed E-state index contributed by atoms with van der Waals surface area (Å²) in [5, 5.41) is 10.4. The van der Waals surface area contributed by atoms with Crippen LogP contribution in [0.5, 0.6) is 5.75 Å². The first-order chi connectivity index (χ1) is 13.6. The molecule has 2 aromatic carbocycles. The monoisotopic (exact) mass is 393 g/mol. The van der Waals surface area contributed by atoms with Gasteiger partial charge in [0.1, 0.15) is 11.6 Å². The number of rotatable bonds is 7. The predicted molar refractivity (Wildman–Crippen MR) is 115 cm³/mol. The van der Waals surface area contributed by atoms with Crippen LogP contribution in [-0.4, -0.2) is 23.3 Å². The highest BCUT2D eigenvalue weighted by atomic mass is 16.5. The van der Waals surface area contributed by atoms with Crippen LogP contribution < -0.4 is 15.8 Å². The lowest BCUT2D eigenvalue weighted by Gasteiger charge is -2.24. The molecule has 0 fully saturated rings. The standard InChI is InChI=1S/C23H27N3O3/c1-5-23(3,4)26-21(27)15(2)14-16-6-8-18(9-7-16)22(28)29-19-12-10-17(11-13-19)20(24)25/h6-14H,5H2,1-4H3,(H3,24,25)(H,26,27)/b15-14+. The summed E-state index contributed by atoms with van der Waals surface area (Å²) in [6.45, 7) is 7.74. The molecule has 0 saturated heterocycles. The van der Waals surface area contributed by atoms with Crippen LogP contribution in [0, 0.1) is 5.41 Å². The van der Waals surface area contributed by atoms with Gasteiger partial charge in [-0.1, -0.05) is 19.1 Å². The molecule has 0 aliphatic heterocycles. The van der Waals surface area contributed by atoms with E-state index >= 15 is 0 Å². The van der Waals surface area contributed by atoms with Crippen molar-refractivity contribution in [3.05, 3.63) is 70.8 Å². The number of nitrogens with one attached hydrogen (secondary N) is 2.